The SMILES string of the molecule is Cc1cc2cc(C(=O)N3CCOCC3)c(-c3ccccc3)nc2cc1C. The number of ether oxygens (including phenoxy) is 1. The minimum absolute atomic E-state index is 0.0276. The quantitative estimate of drug-likeness (QED) is 0.704. The maximum absolute atomic E-state index is 13.2. The van der Waals surface area contributed by atoms with Gasteiger partial charge < -0.3 is 9.64 Å². The molecular formula is C22H22N2O2. The van der Waals surface area contributed by atoms with E-state index in [2.05, 4.69) is 26.0 Å². The largest absolute Gasteiger partial charge is 0.378 e. The molecule has 0 spiro atoms. The average Bonchev–Trinajstić information content (AvgIpc) is 2.69. The maximum atomic E-state index is 13.2. The molecule has 0 radical (unpaired) electrons. The zero-order valence-corrected chi connectivity index (χ0v) is 15.2. The van der Waals surface area contributed by atoms with Crippen molar-refractivity contribution in [3.05, 3.63) is 65.2 Å². The van der Waals surface area contributed by atoms with E-state index < -0.39 is 0 Å². The zero-order chi connectivity index (χ0) is 18.1. The first-order chi connectivity index (χ1) is 12.6. The first-order valence-electron chi connectivity index (χ1n) is 8.98. The van der Waals surface area contributed by atoms with Crippen LogP contribution in [0.1, 0.15) is 21.5 Å². The van der Waals surface area contributed by atoms with Crippen molar-refractivity contribution in [3.8, 4) is 11.3 Å². The number of morpholine rings is 1. The van der Waals surface area contributed by atoms with Crippen LogP contribution in [-0.2, 0) is 4.74 Å². The first-order valence-corrected chi connectivity index (χ1v) is 8.98. The highest BCUT2D eigenvalue weighted by molar-refractivity contribution is 6.03. The monoisotopic (exact) mass is 346 g/mol. The zero-order valence-electron chi connectivity index (χ0n) is 15.2. The van der Waals surface area contributed by atoms with Crippen molar-refractivity contribution in [2.24, 2.45) is 0 Å². The lowest BCUT2D eigenvalue weighted by Gasteiger charge is -2.27. The standard InChI is InChI=1S/C22H22N2O2/c1-15-12-18-14-19(22(25)24-8-10-26-11-9-24)21(17-6-4-3-5-7-17)23-20(18)13-16(15)2/h3-7,12-14H,8-11H2,1-2H3. The Labute approximate surface area is 153 Å². The van der Waals surface area contributed by atoms with Gasteiger partial charge in [0.2, 0.25) is 0 Å². The Balaban J connectivity index is 1.90. The predicted octanol–water partition coefficient (Wildman–Crippen LogP) is 3.99. The topological polar surface area (TPSA) is 42.4 Å². The van der Waals surface area contributed by atoms with Gasteiger partial charge in [-0.1, -0.05) is 30.3 Å². The van der Waals surface area contributed by atoms with Crippen molar-refractivity contribution in [2.75, 3.05) is 26.3 Å². The van der Waals surface area contributed by atoms with Gasteiger partial charge in [0.05, 0.1) is 30.0 Å². The Morgan fingerprint density at radius 2 is 1.69 bits per heavy atom. The third-order valence-electron chi connectivity index (χ3n) is 5.01. The third kappa shape index (κ3) is 3.08. The Morgan fingerprint density at radius 3 is 2.42 bits per heavy atom. The molecule has 0 aliphatic carbocycles. The fourth-order valence-corrected chi connectivity index (χ4v) is 3.36. The summed E-state index contributed by atoms with van der Waals surface area (Å²) >= 11 is 0. The number of amides is 1. The van der Waals surface area contributed by atoms with Crippen molar-refractivity contribution in [2.45, 2.75) is 13.8 Å². The summed E-state index contributed by atoms with van der Waals surface area (Å²) in [7, 11) is 0. The van der Waals surface area contributed by atoms with Gasteiger partial charge in [-0.3, -0.25) is 4.79 Å². The molecule has 1 aliphatic rings. The Bertz CT molecular complexity index is 961. The van der Waals surface area contributed by atoms with Gasteiger partial charge in [0, 0.05) is 24.0 Å². The number of benzene rings is 2. The van der Waals surface area contributed by atoms with Crippen LogP contribution in [-0.4, -0.2) is 42.1 Å². The van der Waals surface area contributed by atoms with E-state index in [1.54, 1.807) is 0 Å². The second kappa shape index (κ2) is 6.89. The summed E-state index contributed by atoms with van der Waals surface area (Å²) in [6.45, 7) is 6.60. The molecule has 4 nitrogen and oxygen atoms in total. The molecule has 0 atom stereocenters. The molecule has 132 valence electrons. The number of hydrogen-bond acceptors (Lipinski definition) is 3. The van der Waals surface area contributed by atoms with E-state index in [1.165, 1.54) is 11.1 Å². The van der Waals surface area contributed by atoms with Crippen molar-refractivity contribution < 1.29 is 9.53 Å². The molecule has 1 fully saturated rings. The van der Waals surface area contributed by atoms with E-state index in [-0.39, 0.29) is 5.91 Å². The van der Waals surface area contributed by atoms with Crippen LogP contribution >= 0.6 is 0 Å². The number of aromatic nitrogens is 1. The minimum Gasteiger partial charge on any atom is -0.378 e. The molecule has 1 aromatic heterocycles. The van der Waals surface area contributed by atoms with Crippen LogP contribution < -0.4 is 0 Å². The highest BCUT2D eigenvalue weighted by Crippen LogP contribution is 2.28. The van der Waals surface area contributed by atoms with Crippen LogP contribution in [0.15, 0.2) is 48.5 Å². The Morgan fingerprint density at radius 1 is 1.00 bits per heavy atom. The molecule has 0 unspecified atom stereocenters. The summed E-state index contributed by atoms with van der Waals surface area (Å²) in [5.41, 5.74) is 5.70. The normalized spacial score (nSPS) is 14.6. The number of aryl methyl sites for hydroxylation is 2. The molecule has 0 saturated carbocycles. The average molecular weight is 346 g/mol. The maximum Gasteiger partial charge on any atom is 0.256 e. The van der Waals surface area contributed by atoms with E-state index in [1.807, 2.05) is 41.3 Å². The van der Waals surface area contributed by atoms with Gasteiger partial charge in [0.1, 0.15) is 0 Å². The number of rotatable bonds is 2. The molecule has 26 heavy (non-hydrogen) atoms. The highest BCUT2D eigenvalue weighted by Gasteiger charge is 2.23. The van der Waals surface area contributed by atoms with Crippen LogP contribution in [0, 0.1) is 13.8 Å². The summed E-state index contributed by atoms with van der Waals surface area (Å²) in [5.74, 6) is 0.0276. The number of hydrogen-bond donors (Lipinski definition) is 0. The van der Waals surface area contributed by atoms with Gasteiger partial charge in [-0.05, 0) is 43.2 Å². The summed E-state index contributed by atoms with van der Waals surface area (Å²) in [6, 6.07) is 16.1. The molecular weight excluding hydrogens is 324 g/mol. The summed E-state index contributed by atoms with van der Waals surface area (Å²) in [5, 5.41) is 1.00. The van der Waals surface area contributed by atoms with E-state index in [4.69, 9.17) is 9.72 Å². The molecule has 2 heterocycles. The van der Waals surface area contributed by atoms with E-state index >= 15 is 0 Å². The first kappa shape index (κ1) is 16.7. The molecule has 1 aliphatic heterocycles. The van der Waals surface area contributed by atoms with Crippen LogP contribution in [0.25, 0.3) is 22.2 Å². The van der Waals surface area contributed by atoms with Gasteiger partial charge in [-0.25, -0.2) is 4.98 Å². The van der Waals surface area contributed by atoms with Gasteiger partial charge in [0.25, 0.3) is 5.91 Å². The lowest BCUT2D eigenvalue weighted by molar-refractivity contribution is 0.0303. The second-order valence-electron chi connectivity index (χ2n) is 6.78. The fraction of sp³-hybridized carbons (Fsp3) is 0.273. The molecule has 2 aromatic carbocycles. The number of carbonyl (C=O) groups excluding carboxylic acids is 1. The third-order valence-corrected chi connectivity index (χ3v) is 5.01. The van der Waals surface area contributed by atoms with Crippen LogP contribution in [0.3, 0.4) is 0 Å². The number of nitrogens with zero attached hydrogens (tertiary/aromatic N) is 2. The summed E-state index contributed by atoms with van der Waals surface area (Å²) < 4.78 is 5.39. The van der Waals surface area contributed by atoms with E-state index in [9.17, 15) is 4.79 Å². The molecule has 1 saturated heterocycles. The number of fused-ring (bicyclic) bond motifs is 1. The lowest BCUT2D eigenvalue weighted by Crippen LogP contribution is -2.41. The van der Waals surface area contributed by atoms with Gasteiger partial charge in [-0.2, -0.15) is 0 Å². The Hall–Kier alpha value is -2.72. The van der Waals surface area contributed by atoms with Gasteiger partial charge in [0.15, 0.2) is 0 Å². The van der Waals surface area contributed by atoms with Crippen molar-refractivity contribution in [1.82, 2.24) is 9.88 Å². The number of carbonyl (C=O) groups is 1. The summed E-state index contributed by atoms with van der Waals surface area (Å²) in [6.07, 6.45) is 0. The van der Waals surface area contributed by atoms with Crippen molar-refractivity contribution in [3.63, 3.8) is 0 Å². The molecule has 1 amide bonds. The van der Waals surface area contributed by atoms with Gasteiger partial charge in [-0.15, -0.1) is 0 Å². The smallest absolute Gasteiger partial charge is 0.256 e. The number of pyridine rings is 1. The van der Waals surface area contributed by atoms with Crippen LogP contribution in [0.5, 0.6) is 0 Å². The molecule has 0 bridgehead atoms. The van der Waals surface area contributed by atoms with Crippen molar-refractivity contribution in [1.29, 1.82) is 0 Å². The van der Waals surface area contributed by atoms with Gasteiger partial charge >= 0.3 is 0 Å². The molecule has 4 rings (SSSR count). The molecule has 0 N–H and O–H groups in total. The second-order valence-corrected chi connectivity index (χ2v) is 6.78. The van der Waals surface area contributed by atoms with Crippen molar-refractivity contribution >= 4 is 16.8 Å². The minimum atomic E-state index is 0.0276. The van der Waals surface area contributed by atoms with E-state index in [0.717, 1.165) is 22.2 Å². The molecule has 3 aromatic rings. The predicted molar refractivity (Wildman–Crippen MR) is 103 cm³/mol. The fourth-order valence-electron chi connectivity index (χ4n) is 3.36. The lowest BCUT2D eigenvalue weighted by atomic mass is 9.99. The van der Waals surface area contributed by atoms with E-state index in [0.29, 0.717) is 31.9 Å². The molecule has 4 heteroatoms. The summed E-state index contributed by atoms with van der Waals surface area (Å²) in [4.78, 5) is 20.0. The van der Waals surface area contributed by atoms with Crippen LogP contribution in [0.4, 0.5) is 0 Å². The highest BCUT2D eigenvalue weighted by atomic mass is 16.5. The Kier molecular flexibility index (Phi) is 4.43. The van der Waals surface area contributed by atoms with Crippen LogP contribution in [0.2, 0.25) is 0 Å².